The average Bonchev–Trinajstić information content (AvgIpc) is 2.35. The third-order valence-corrected chi connectivity index (χ3v) is 3.00. The summed E-state index contributed by atoms with van der Waals surface area (Å²) in [5.74, 6) is 0. The van der Waals surface area contributed by atoms with E-state index in [1.165, 1.54) is 11.0 Å². The van der Waals surface area contributed by atoms with Gasteiger partial charge in [0.15, 0.2) is 0 Å². The van der Waals surface area contributed by atoms with Crippen LogP contribution in [0.15, 0.2) is 18.2 Å². The predicted molar refractivity (Wildman–Crippen MR) is 78.7 cm³/mol. The lowest BCUT2D eigenvalue weighted by Crippen LogP contribution is -2.43. The molecule has 1 atom stereocenters. The fourth-order valence-electron chi connectivity index (χ4n) is 1.69. The zero-order valence-corrected chi connectivity index (χ0v) is 12.5. The van der Waals surface area contributed by atoms with Gasteiger partial charge in [0.05, 0.1) is 16.7 Å². The van der Waals surface area contributed by atoms with Crippen molar-refractivity contribution in [3.05, 3.63) is 28.8 Å². The summed E-state index contributed by atoms with van der Waals surface area (Å²) in [6.07, 6.45) is -0.604. The topological polar surface area (TPSA) is 76.4 Å². The standard InChI is InChI=1S/C14H18ClN3O2/c1-9(2)18(8-10(3)19)14(20)17-12-5-4-11(7-16)13(15)6-12/h4-6,9-10,19H,8H2,1-3H3,(H,17,20). The molecule has 20 heavy (non-hydrogen) atoms. The Balaban J connectivity index is 2.83. The number of amides is 2. The molecule has 2 amide bonds. The fraction of sp³-hybridized carbons (Fsp3) is 0.429. The van der Waals surface area contributed by atoms with Gasteiger partial charge in [0.25, 0.3) is 0 Å². The molecule has 1 rings (SSSR count). The van der Waals surface area contributed by atoms with Crippen LogP contribution in [-0.4, -0.2) is 34.7 Å². The molecule has 0 heterocycles. The highest BCUT2D eigenvalue weighted by molar-refractivity contribution is 6.32. The molecular formula is C14H18ClN3O2. The first kappa shape index (κ1) is 16.3. The van der Waals surface area contributed by atoms with Gasteiger partial charge in [-0.2, -0.15) is 5.26 Å². The number of halogens is 1. The summed E-state index contributed by atoms with van der Waals surface area (Å²) >= 11 is 5.91. The minimum Gasteiger partial charge on any atom is -0.392 e. The molecule has 6 heteroatoms. The first-order valence-electron chi connectivity index (χ1n) is 6.30. The molecule has 0 radical (unpaired) electrons. The molecule has 1 aromatic rings. The minimum atomic E-state index is -0.604. The molecule has 0 aliphatic heterocycles. The van der Waals surface area contributed by atoms with Crippen LogP contribution in [0.25, 0.3) is 0 Å². The van der Waals surface area contributed by atoms with Gasteiger partial charge in [0.2, 0.25) is 0 Å². The number of hydrogen-bond donors (Lipinski definition) is 2. The fourth-order valence-corrected chi connectivity index (χ4v) is 1.91. The summed E-state index contributed by atoms with van der Waals surface area (Å²) in [5, 5.41) is 21.2. The van der Waals surface area contributed by atoms with E-state index in [4.69, 9.17) is 16.9 Å². The molecule has 0 aromatic heterocycles. The molecule has 0 aliphatic carbocycles. The Bertz CT molecular complexity index is 524. The summed E-state index contributed by atoms with van der Waals surface area (Å²) in [6, 6.07) is 6.28. The Hall–Kier alpha value is -1.77. The second-order valence-electron chi connectivity index (χ2n) is 4.83. The van der Waals surface area contributed by atoms with Crippen molar-refractivity contribution in [3.8, 4) is 6.07 Å². The number of aliphatic hydroxyl groups is 1. The molecule has 0 aliphatic rings. The number of nitrogens with zero attached hydrogens (tertiary/aromatic N) is 2. The van der Waals surface area contributed by atoms with Crippen LogP contribution in [-0.2, 0) is 0 Å². The van der Waals surface area contributed by atoms with E-state index in [-0.39, 0.29) is 23.6 Å². The van der Waals surface area contributed by atoms with E-state index in [0.29, 0.717) is 11.3 Å². The summed E-state index contributed by atoms with van der Waals surface area (Å²) in [6.45, 7) is 5.61. The van der Waals surface area contributed by atoms with Crippen LogP contribution >= 0.6 is 11.6 Å². The number of urea groups is 1. The molecule has 0 saturated heterocycles. The van der Waals surface area contributed by atoms with Crippen molar-refractivity contribution in [2.45, 2.75) is 32.9 Å². The number of hydrogen-bond acceptors (Lipinski definition) is 3. The molecule has 1 aromatic carbocycles. The highest BCUT2D eigenvalue weighted by Crippen LogP contribution is 2.20. The zero-order valence-electron chi connectivity index (χ0n) is 11.7. The maximum atomic E-state index is 12.2. The third kappa shape index (κ3) is 4.41. The van der Waals surface area contributed by atoms with Crippen molar-refractivity contribution in [2.24, 2.45) is 0 Å². The van der Waals surface area contributed by atoms with E-state index in [1.807, 2.05) is 19.9 Å². The Morgan fingerprint density at radius 1 is 1.50 bits per heavy atom. The molecule has 2 N–H and O–H groups in total. The molecule has 0 spiro atoms. The Labute approximate surface area is 123 Å². The number of nitriles is 1. The Morgan fingerprint density at radius 2 is 2.15 bits per heavy atom. The lowest BCUT2D eigenvalue weighted by molar-refractivity contribution is 0.125. The molecule has 0 fully saturated rings. The van der Waals surface area contributed by atoms with Crippen LogP contribution in [0.2, 0.25) is 5.02 Å². The van der Waals surface area contributed by atoms with Crippen LogP contribution in [0.3, 0.4) is 0 Å². The summed E-state index contributed by atoms with van der Waals surface area (Å²) in [5.41, 5.74) is 0.865. The van der Waals surface area contributed by atoms with E-state index in [0.717, 1.165) is 0 Å². The van der Waals surface area contributed by atoms with Crippen LogP contribution in [0.4, 0.5) is 10.5 Å². The van der Waals surface area contributed by atoms with Crippen molar-refractivity contribution in [2.75, 3.05) is 11.9 Å². The SMILES string of the molecule is CC(O)CN(C(=O)Nc1ccc(C#N)c(Cl)c1)C(C)C. The second-order valence-corrected chi connectivity index (χ2v) is 5.24. The van der Waals surface area contributed by atoms with Gasteiger partial charge in [-0.15, -0.1) is 0 Å². The van der Waals surface area contributed by atoms with Gasteiger partial charge in [-0.05, 0) is 39.0 Å². The molecule has 1 unspecified atom stereocenters. The smallest absolute Gasteiger partial charge is 0.322 e. The summed E-state index contributed by atoms with van der Waals surface area (Å²) < 4.78 is 0. The lowest BCUT2D eigenvalue weighted by Gasteiger charge is -2.28. The minimum absolute atomic E-state index is 0.0431. The molecular weight excluding hydrogens is 278 g/mol. The second kappa shape index (κ2) is 7.13. The van der Waals surface area contributed by atoms with Crippen LogP contribution in [0.1, 0.15) is 26.3 Å². The van der Waals surface area contributed by atoms with E-state index in [9.17, 15) is 9.90 Å². The number of carbonyl (C=O) groups is 1. The Kier molecular flexibility index (Phi) is 5.81. The van der Waals surface area contributed by atoms with Crippen molar-refractivity contribution in [1.82, 2.24) is 4.90 Å². The lowest BCUT2D eigenvalue weighted by atomic mass is 10.2. The molecule has 108 valence electrons. The van der Waals surface area contributed by atoms with Gasteiger partial charge in [0.1, 0.15) is 6.07 Å². The van der Waals surface area contributed by atoms with Gasteiger partial charge < -0.3 is 15.3 Å². The van der Waals surface area contributed by atoms with Gasteiger partial charge in [-0.25, -0.2) is 4.79 Å². The summed E-state index contributed by atoms with van der Waals surface area (Å²) in [4.78, 5) is 13.7. The number of anilines is 1. The summed E-state index contributed by atoms with van der Waals surface area (Å²) in [7, 11) is 0. The zero-order chi connectivity index (χ0) is 15.3. The number of carbonyl (C=O) groups excluding carboxylic acids is 1. The van der Waals surface area contributed by atoms with Crippen molar-refractivity contribution >= 4 is 23.3 Å². The average molecular weight is 296 g/mol. The number of rotatable bonds is 4. The van der Waals surface area contributed by atoms with Gasteiger partial charge in [-0.1, -0.05) is 11.6 Å². The van der Waals surface area contributed by atoms with Gasteiger partial charge in [-0.3, -0.25) is 0 Å². The van der Waals surface area contributed by atoms with Crippen LogP contribution < -0.4 is 5.32 Å². The largest absolute Gasteiger partial charge is 0.392 e. The number of aliphatic hydroxyl groups excluding tert-OH is 1. The molecule has 0 saturated carbocycles. The molecule has 0 bridgehead atoms. The first-order valence-corrected chi connectivity index (χ1v) is 6.68. The maximum absolute atomic E-state index is 12.2. The normalized spacial score (nSPS) is 11.8. The van der Waals surface area contributed by atoms with E-state index >= 15 is 0 Å². The van der Waals surface area contributed by atoms with E-state index in [1.54, 1.807) is 19.1 Å². The van der Waals surface area contributed by atoms with E-state index < -0.39 is 6.10 Å². The van der Waals surface area contributed by atoms with Crippen LogP contribution in [0, 0.1) is 11.3 Å². The highest BCUT2D eigenvalue weighted by Gasteiger charge is 2.18. The predicted octanol–water partition coefficient (Wildman–Crippen LogP) is 2.83. The monoisotopic (exact) mass is 295 g/mol. The van der Waals surface area contributed by atoms with Crippen LogP contribution in [0.5, 0.6) is 0 Å². The van der Waals surface area contributed by atoms with E-state index in [2.05, 4.69) is 5.32 Å². The maximum Gasteiger partial charge on any atom is 0.322 e. The first-order chi connectivity index (χ1) is 9.35. The van der Waals surface area contributed by atoms with Crippen molar-refractivity contribution < 1.29 is 9.90 Å². The van der Waals surface area contributed by atoms with Gasteiger partial charge in [0, 0.05) is 18.3 Å². The Morgan fingerprint density at radius 3 is 2.60 bits per heavy atom. The number of nitrogens with one attached hydrogen (secondary N) is 1. The third-order valence-electron chi connectivity index (χ3n) is 2.69. The quantitative estimate of drug-likeness (QED) is 0.896. The van der Waals surface area contributed by atoms with Gasteiger partial charge >= 0.3 is 6.03 Å². The van der Waals surface area contributed by atoms with Crippen molar-refractivity contribution in [1.29, 1.82) is 5.26 Å². The van der Waals surface area contributed by atoms with Crippen molar-refractivity contribution in [3.63, 3.8) is 0 Å². The number of benzene rings is 1. The highest BCUT2D eigenvalue weighted by atomic mass is 35.5. The molecule has 5 nitrogen and oxygen atoms in total.